The minimum Gasteiger partial charge on any atom is -0.507 e. The zero-order valence-corrected chi connectivity index (χ0v) is 11.7. The van der Waals surface area contributed by atoms with Crippen LogP contribution in [0, 0.1) is 12.3 Å². The molecule has 0 spiro atoms. The van der Waals surface area contributed by atoms with E-state index in [1.807, 2.05) is 0 Å². The van der Waals surface area contributed by atoms with Crippen LogP contribution in [0.1, 0.15) is 31.0 Å². The molecule has 1 aromatic carbocycles. The number of esters is 1. The average molecular weight is 272 g/mol. The quantitative estimate of drug-likeness (QED) is 0.829. The maximum atomic E-state index is 11.7. The number of phenolic OH excluding ortho intramolecular Hbond substituents is 1. The molecular formula is C13H18ClNO3. The van der Waals surface area contributed by atoms with Crippen molar-refractivity contribution in [2.24, 2.45) is 11.1 Å². The highest BCUT2D eigenvalue weighted by atomic mass is 35.5. The molecule has 0 aliphatic carbocycles. The third-order valence-electron chi connectivity index (χ3n) is 3.12. The van der Waals surface area contributed by atoms with Crippen molar-refractivity contribution in [2.45, 2.75) is 26.8 Å². The van der Waals surface area contributed by atoms with Crippen molar-refractivity contribution < 1.29 is 14.6 Å². The highest BCUT2D eigenvalue weighted by Gasteiger charge is 2.38. The van der Waals surface area contributed by atoms with Gasteiger partial charge in [0, 0.05) is 16.6 Å². The first kappa shape index (κ1) is 14.8. The fourth-order valence-corrected chi connectivity index (χ4v) is 2.06. The van der Waals surface area contributed by atoms with Crippen LogP contribution >= 0.6 is 11.6 Å². The molecule has 0 amide bonds. The van der Waals surface area contributed by atoms with Gasteiger partial charge in [-0.3, -0.25) is 4.79 Å². The van der Waals surface area contributed by atoms with Gasteiger partial charge < -0.3 is 15.6 Å². The predicted molar refractivity (Wildman–Crippen MR) is 70.6 cm³/mol. The Bertz CT molecular complexity index is 472. The van der Waals surface area contributed by atoms with Gasteiger partial charge in [-0.2, -0.15) is 0 Å². The van der Waals surface area contributed by atoms with Crippen LogP contribution in [0.25, 0.3) is 0 Å². The summed E-state index contributed by atoms with van der Waals surface area (Å²) in [7, 11) is 1.31. The third kappa shape index (κ3) is 2.60. The molecule has 1 atom stereocenters. The van der Waals surface area contributed by atoms with Gasteiger partial charge in [-0.05, 0) is 38.5 Å². The van der Waals surface area contributed by atoms with E-state index in [1.165, 1.54) is 7.11 Å². The number of nitrogens with two attached hydrogens (primary N) is 1. The summed E-state index contributed by atoms with van der Waals surface area (Å²) in [5.41, 5.74) is 6.17. The fraction of sp³-hybridized carbons (Fsp3) is 0.462. The van der Waals surface area contributed by atoms with Crippen molar-refractivity contribution in [3.63, 3.8) is 0 Å². The van der Waals surface area contributed by atoms with Crippen LogP contribution in [-0.2, 0) is 9.53 Å². The number of aromatic hydroxyl groups is 1. The summed E-state index contributed by atoms with van der Waals surface area (Å²) < 4.78 is 4.72. The summed E-state index contributed by atoms with van der Waals surface area (Å²) in [5, 5.41) is 10.5. The van der Waals surface area contributed by atoms with Crippen molar-refractivity contribution in [3.05, 3.63) is 28.3 Å². The maximum Gasteiger partial charge on any atom is 0.313 e. The standard InChI is InChI=1S/C13H18ClNO3/c1-7-5-8(14)6-9(10(7)16)11(15)13(2,3)12(17)18-4/h5-6,11,16H,15H2,1-4H3/t11-/m0/s1. The first-order valence-electron chi connectivity index (χ1n) is 5.54. The Morgan fingerprint density at radius 1 is 1.50 bits per heavy atom. The lowest BCUT2D eigenvalue weighted by molar-refractivity contribution is -0.152. The summed E-state index contributed by atoms with van der Waals surface area (Å²) in [6, 6.07) is 2.50. The molecule has 100 valence electrons. The number of benzene rings is 1. The van der Waals surface area contributed by atoms with Crippen LogP contribution in [0.5, 0.6) is 5.75 Å². The van der Waals surface area contributed by atoms with Gasteiger partial charge >= 0.3 is 5.97 Å². The highest BCUT2D eigenvalue weighted by Crippen LogP contribution is 2.39. The fourth-order valence-electron chi connectivity index (χ4n) is 1.78. The molecule has 0 unspecified atom stereocenters. The Balaban J connectivity index is 3.26. The van der Waals surface area contributed by atoms with E-state index >= 15 is 0 Å². The maximum absolute atomic E-state index is 11.7. The number of ether oxygens (including phenoxy) is 1. The molecule has 0 aromatic heterocycles. The Morgan fingerprint density at radius 2 is 2.06 bits per heavy atom. The predicted octanol–water partition coefficient (Wildman–Crippen LogP) is 2.55. The number of rotatable bonds is 3. The first-order chi connectivity index (χ1) is 8.21. The van der Waals surface area contributed by atoms with Crippen molar-refractivity contribution in [1.29, 1.82) is 0 Å². The minimum atomic E-state index is -0.955. The van der Waals surface area contributed by atoms with E-state index in [1.54, 1.807) is 32.9 Å². The second-order valence-corrected chi connectivity index (χ2v) is 5.29. The molecule has 0 aliphatic rings. The number of hydrogen-bond acceptors (Lipinski definition) is 4. The summed E-state index contributed by atoms with van der Waals surface area (Å²) in [5.74, 6) is -0.379. The molecule has 1 aromatic rings. The van der Waals surface area contributed by atoms with Crippen LogP contribution < -0.4 is 5.73 Å². The lowest BCUT2D eigenvalue weighted by Gasteiger charge is -2.29. The number of hydrogen-bond donors (Lipinski definition) is 2. The first-order valence-corrected chi connectivity index (χ1v) is 5.92. The number of carbonyl (C=O) groups excluding carboxylic acids is 1. The van der Waals surface area contributed by atoms with E-state index in [-0.39, 0.29) is 5.75 Å². The van der Waals surface area contributed by atoms with Crippen LogP contribution in [0.2, 0.25) is 5.02 Å². The van der Waals surface area contributed by atoms with Crippen LogP contribution in [0.4, 0.5) is 0 Å². The van der Waals surface area contributed by atoms with Crippen LogP contribution in [0.15, 0.2) is 12.1 Å². The minimum absolute atomic E-state index is 0.0591. The van der Waals surface area contributed by atoms with Crippen molar-refractivity contribution in [3.8, 4) is 5.75 Å². The second kappa shape index (κ2) is 5.16. The summed E-state index contributed by atoms with van der Waals surface area (Å²) in [6.45, 7) is 5.06. The van der Waals surface area contributed by atoms with Crippen molar-refractivity contribution in [2.75, 3.05) is 7.11 Å². The third-order valence-corrected chi connectivity index (χ3v) is 3.34. The molecule has 5 heteroatoms. The molecule has 0 fully saturated rings. The topological polar surface area (TPSA) is 72.5 Å². The molecule has 0 heterocycles. The van der Waals surface area contributed by atoms with E-state index in [4.69, 9.17) is 22.1 Å². The SMILES string of the molecule is COC(=O)C(C)(C)[C@@H](N)c1cc(Cl)cc(C)c1O. The van der Waals surface area contributed by atoms with Gasteiger partial charge in [0.05, 0.1) is 12.5 Å². The normalized spacial score (nSPS) is 13.2. The molecule has 4 nitrogen and oxygen atoms in total. The zero-order valence-electron chi connectivity index (χ0n) is 11.0. The van der Waals surface area contributed by atoms with E-state index in [2.05, 4.69) is 0 Å². The molecular weight excluding hydrogens is 254 g/mol. The summed E-state index contributed by atoms with van der Waals surface area (Å²) >= 11 is 5.95. The number of methoxy groups -OCH3 is 1. The summed E-state index contributed by atoms with van der Waals surface area (Å²) in [6.07, 6.45) is 0. The van der Waals surface area contributed by atoms with Crippen molar-refractivity contribution >= 4 is 17.6 Å². The molecule has 0 radical (unpaired) electrons. The number of aryl methyl sites for hydroxylation is 1. The van der Waals surface area contributed by atoms with E-state index in [0.29, 0.717) is 16.1 Å². The lowest BCUT2D eigenvalue weighted by atomic mass is 9.80. The lowest BCUT2D eigenvalue weighted by Crippen LogP contribution is -2.37. The molecule has 0 saturated carbocycles. The monoisotopic (exact) mass is 271 g/mol. The Labute approximate surface area is 112 Å². The van der Waals surface area contributed by atoms with Crippen LogP contribution in [-0.4, -0.2) is 18.2 Å². The number of carbonyl (C=O) groups is 1. The molecule has 0 aliphatic heterocycles. The number of halogens is 1. The van der Waals surface area contributed by atoms with Gasteiger partial charge in [0.15, 0.2) is 0 Å². The molecule has 18 heavy (non-hydrogen) atoms. The molecule has 3 N–H and O–H groups in total. The van der Waals surface area contributed by atoms with Gasteiger partial charge in [-0.15, -0.1) is 0 Å². The van der Waals surface area contributed by atoms with Gasteiger partial charge in [0.25, 0.3) is 0 Å². The molecule has 0 saturated heterocycles. The average Bonchev–Trinajstić information content (AvgIpc) is 2.31. The van der Waals surface area contributed by atoms with Gasteiger partial charge in [-0.25, -0.2) is 0 Å². The molecule has 1 rings (SSSR count). The van der Waals surface area contributed by atoms with Gasteiger partial charge in [0.1, 0.15) is 5.75 Å². The Hall–Kier alpha value is -1.26. The number of phenols is 1. The van der Waals surface area contributed by atoms with E-state index in [9.17, 15) is 9.90 Å². The smallest absolute Gasteiger partial charge is 0.313 e. The van der Waals surface area contributed by atoms with Crippen LogP contribution in [0.3, 0.4) is 0 Å². The van der Waals surface area contributed by atoms with E-state index < -0.39 is 17.4 Å². The second-order valence-electron chi connectivity index (χ2n) is 4.85. The van der Waals surface area contributed by atoms with Gasteiger partial charge in [-0.1, -0.05) is 11.6 Å². The summed E-state index contributed by atoms with van der Waals surface area (Å²) in [4.78, 5) is 11.7. The Kier molecular flexibility index (Phi) is 4.24. The van der Waals surface area contributed by atoms with Gasteiger partial charge in [0.2, 0.25) is 0 Å². The van der Waals surface area contributed by atoms with Crippen molar-refractivity contribution in [1.82, 2.24) is 0 Å². The largest absolute Gasteiger partial charge is 0.507 e. The highest BCUT2D eigenvalue weighted by molar-refractivity contribution is 6.30. The van der Waals surface area contributed by atoms with E-state index in [0.717, 1.165) is 0 Å². The molecule has 0 bridgehead atoms. The Morgan fingerprint density at radius 3 is 2.56 bits per heavy atom. The zero-order chi connectivity index (χ0) is 14.1.